The van der Waals surface area contributed by atoms with E-state index >= 15 is 0 Å². The Kier molecular flexibility index (Phi) is 35.6. The lowest BCUT2D eigenvalue weighted by atomic mass is 10.1. The van der Waals surface area contributed by atoms with Crippen LogP contribution in [0.25, 0.3) is 0 Å². The average molecular weight is 639 g/mol. The number of carbonyl (C=O) groups excluding carboxylic acids is 3. The van der Waals surface area contributed by atoms with Crippen LogP contribution >= 0.6 is 0 Å². The van der Waals surface area contributed by atoms with Gasteiger partial charge in [-0.05, 0) is 38.5 Å². The summed E-state index contributed by atoms with van der Waals surface area (Å²) < 4.78 is 16.1. The maximum atomic E-state index is 11.9. The van der Waals surface area contributed by atoms with Gasteiger partial charge in [-0.15, -0.1) is 0 Å². The number of rotatable bonds is 36. The second kappa shape index (κ2) is 36.9. The zero-order chi connectivity index (χ0) is 32.9. The molecule has 0 N–H and O–H groups in total. The van der Waals surface area contributed by atoms with Crippen LogP contribution in [-0.2, 0) is 28.6 Å². The Morgan fingerprint density at radius 3 is 0.733 bits per heavy atom. The van der Waals surface area contributed by atoms with Crippen molar-refractivity contribution < 1.29 is 28.6 Å². The highest BCUT2D eigenvalue weighted by Gasteiger charge is 2.05. The van der Waals surface area contributed by atoms with Gasteiger partial charge in [-0.2, -0.15) is 0 Å². The Hall–Kier alpha value is -1.59. The second-order valence-electron chi connectivity index (χ2n) is 13.1. The minimum absolute atomic E-state index is 0.0183. The highest BCUT2D eigenvalue weighted by Crippen LogP contribution is 2.13. The summed E-state index contributed by atoms with van der Waals surface area (Å²) in [6, 6.07) is 0. The van der Waals surface area contributed by atoms with E-state index in [1.54, 1.807) is 0 Å². The molecule has 0 radical (unpaired) electrons. The molecule has 0 aromatic rings. The lowest BCUT2D eigenvalue weighted by Gasteiger charge is -2.06. The van der Waals surface area contributed by atoms with Gasteiger partial charge in [-0.25, -0.2) is 0 Å². The molecule has 0 bridgehead atoms. The average Bonchev–Trinajstić information content (AvgIpc) is 3.03. The van der Waals surface area contributed by atoms with Crippen molar-refractivity contribution in [3.8, 4) is 0 Å². The van der Waals surface area contributed by atoms with Crippen LogP contribution in [-0.4, -0.2) is 37.7 Å². The van der Waals surface area contributed by atoms with Crippen molar-refractivity contribution in [2.75, 3.05) is 19.8 Å². The monoisotopic (exact) mass is 639 g/mol. The number of unbranched alkanes of at least 4 members (excludes halogenated alkanes) is 24. The molecule has 6 nitrogen and oxygen atoms in total. The molecule has 0 atom stereocenters. The number of hydrogen-bond donors (Lipinski definition) is 0. The molecule has 0 heterocycles. The summed E-state index contributed by atoms with van der Waals surface area (Å²) in [6.45, 7) is 6.11. The largest absolute Gasteiger partial charge is 0.466 e. The SMILES string of the molecule is CCCCCCCC(=O)OCCCCCCCCCCCCCOC(=O)CCCCCCCCCOC(=O)CCCCCCC. The predicted molar refractivity (Wildman–Crippen MR) is 187 cm³/mol. The fourth-order valence-corrected chi connectivity index (χ4v) is 5.57. The van der Waals surface area contributed by atoms with E-state index < -0.39 is 0 Å². The second-order valence-corrected chi connectivity index (χ2v) is 13.1. The highest BCUT2D eigenvalue weighted by atomic mass is 16.5. The topological polar surface area (TPSA) is 78.9 Å². The number of esters is 3. The van der Waals surface area contributed by atoms with Crippen LogP contribution in [0.2, 0.25) is 0 Å². The van der Waals surface area contributed by atoms with Crippen LogP contribution in [0.15, 0.2) is 0 Å². The van der Waals surface area contributed by atoms with Gasteiger partial charge in [0, 0.05) is 19.3 Å². The summed E-state index contributed by atoms with van der Waals surface area (Å²) in [6.07, 6.45) is 34.0. The molecule has 0 fully saturated rings. The molecule has 266 valence electrons. The van der Waals surface area contributed by atoms with E-state index in [0.29, 0.717) is 39.1 Å². The molecule has 0 aliphatic rings. The van der Waals surface area contributed by atoms with Gasteiger partial charge < -0.3 is 14.2 Å². The number of ether oxygens (including phenoxy) is 3. The Labute approximate surface area is 278 Å². The predicted octanol–water partition coefficient (Wildman–Crippen LogP) is 11.7. The lowest BCUT2D eigenvalue weighted by molar-refractivity contribution is -0.144. The van der Waals surface area contributed by atoms with Crippen molar-refractivity contribution in [2.24, 2.45) is 0 Å². The molecule has 0 aliphatic carbocycles. The van der Waals surface area contributed by atoms with Gasteiger partial charge in [-0.3, -0.25) is 14.4 Å². The summed E-state index contributed by atoms with van der Waals surface area (Å²) >= 11 is 0. The third-order valence-electron chi connectivity index (χ3n) is 8.57. The van der Waals surface area contributed by atoms with Gasteiger partial charge in [0.05, 0.1) is 19.8 Å². The summed E-state index contributed by atoms with van der Waals surface area (Å²) in [5.41, 5.74) is 0. The highest BCUT2D eigenvalue weighted by molar-refractivity contribution is 5.69. The third kappa shape index (κ3) is 36.8. The van der Waals surface area contributed by atoms with Gasteiger partial charge in [-0.1, -0.05) is 155 Å². The van der Waals surface area contributed by atoms with Crippen molar-refractivity contribution in [3.05, 3.63) is 0 Å². The fourth-order valence-electron chi connectivity index (χ4n) is 5.57. The molecular weight excluding hydrogens is 564 g/mol. The zero-order valence-electron chi connectivity index (χ0n) is 30.0. The first-order chi connectivity index (χ1) is 22.1. The molecule has 0 unspecified atom stereocenters. The van der Waals surface area contributed by atoms with Crippen LogP contribution in [0.4, 0.5) is 0 Å². The van der Waals surface area contributed by atoms with Crippen LogP contribution in [0.1, 0.15) is 213 Å². The molecule has 45 heavy (non-hydrogen) atoms. The van der Waals surface area contributed by atoms with Crippen LogP contribution in [0.3, 0.4) is 0 Å². The molecule has 0 aromatic heterocycles. The van der Waals surface area contributed by atoms with Crippen molar-refractivity contribution in [1.29, 1.82) is 0 Å². The van der Waals surface area contributed by atoms with Gasteiger partial charge >= 0.3 is 17.9 Å². The smallest absolute Gasteiger partial charge is 0.305 e. The maximum absolute atomic E-state index is 11.9. The van der Waals surface area contributed by atoms with Crippen molar-refractivity contribution in [1.82, 2.24) is 0 Å². The first-order valence-electron chi connectivity index (χ1n) is 19.6. The van der Waals surface area contributed by atoms with Gasteiger partial charge in [0.15, 0.2) is 0 Å². The van der Waals surface area contributed by atoms with Crippen LogP contribution < -0.4 is 0 Å². The van der Waals surface area contributed by atoms with Gasteiger partial charge in [0.25, 0.3) is 0 Å². The molecule has 0 aliphatic heterocycles. The van der Waals surface area contributed by atoms with Crippen molar-refractivity contribution >= 4 is 17.9 Å². The molecule has 0 amide bonds. The molecular formula is C39H74O6. The van der Waals surface area contributed by atoms with Gasteiger partial charge in [0.1, 0.15) is 0 Å². The maximum Gasteiger partial charge on any atom is 0.305 e. The number of hydrogen-bond acceptors (Lipinski definition) is 6. The summed E-state index contributed by atoms with van der Waals surface area (Å²) in [5, 5.41) is 0. The van der Waals surface area contributed by atoms with E-state index in [2.05, 4.69) is 13.8 Å². The van der Waals surface area contributed by atoms with E-state index in [-0.39, 0.29) is 17.9 Å². The summed E-state index contributed by atoms with van der Waals surface area (Å²) in [4.78, 5) is 35.4. The molecule has 0 saturated carbocycles. The quantitative estimate of drug-likeness (QED) is 0.0386. The molecule has 0 spiro atoms. The standard InChI is InChI=1S/C39H74O6/c1-3-5-7-19-25-31-37(40)43-34-28-22-16-12-10-9-11-13-17-23-29-35-45-39(42)33-27-21-15-14-18-24-30-36-44-38(41)32-26-20-8-6-4-2/h3-36H2,1-2H3. The Morgan fingerprint density at radius 2 is 0.489 bits per heavy atom. The first kappa shape index (κ1) is 43.4. The van der Waals surface area contributed by atoms with E-state index in [1.807, 2.05) is 0 Å². The molecule has 0 rings (SSSR count). The normalized spacial score (nSPS) is 11.1. The zero-order valence-corrected chi connectivity index (χ0v) is 30.0. The minimum atomic E-state index is -0.0434. The fraction of sp³-hybridized carbons (Fsp3) is 0.923. The Balaban J connectivity index is 3.25. The van der Waals surface area contributed by atoms with Gasteiger partial charge in [0.2, 0.25) is 0 Å². The lowest BCUT2D eigenvalue weighted by Crippen LogP contribution is -2.05. The first-order valence-corrected chi connectivity index (χ1v) is 19.6. The molecule has 6 heteroatoms. The minimum Gasteiger partial charge on any atom is -0.466 e. The molecule has 0 aromatic carbocycles. The van der Waals surface area contributed by atoms with Crippen molar-refractivity contribution in [3.63, 3.8) is 0 Å². The van der Waals surface area contributed by atoms with E-state index in [4.69, 9.17) is 14.2 Å². The van der Waals surface area contributed by atoms with Crippen LogP contribution in [0, 0.1) is 0 Å². The van der Waals surface area contributed by atoms with E-state index in [9.17, 15) is 14.4 Å². The van der Waals surface area contributed by atoms with E-state index in [0.717, 1.165) is 83.5 Å². The van der Waals surface area contributed by atoms with E-state index in [1.165, 1.54) is 96.3 Å². The van der Waals surface area contributed by atoms with Crippen molar-refractivity contribution in [2.45, 2.75) is 213 Å². The third-order valence-corrected chi connectivity index (χ3v) is 8.57. The summed E-state index contributed by atoms with van der Waals surface area (Å²) in [7, 11) is 0. The Morgan fingerprint density at radius 1 is 0.289 bits per heavy atom. The molecule has 0 saturated heterocycles. The summed E-state index contributed by atoms with van der Waals surface area (Å²) in [5.74, 6) is -0.0998. The van der Waals surface area contributed by atoms with Crippen LogP contribution in [0.5, 0.6) is 0 Å². The number of carbonyl (C=O) groups is 3. The Bertz CT molecular complexity index is 649.